The van der Waals surface area contributed by atoms with Gasteiger partial charge in [0.15, 0.2) is 0 Å². The molecule has 1 aromatic carbocycles. The highest BCUT2D eigenvalue weighted by molar-refractivity contribution is 5.76. The van der Waals surface area contributed by atoms with Crippen molar-refractivity contribution in [3.05, 3.63) is 30.1 Å². The topological polar surface area (TPSA) is 29.9 Å². The molecule has 0 radical (unpaired) electrons. The van der Waals surface area contributed by atoms with Crippen molar-refractivity contribution in [2.45, 2.75) is 33.4 Å². The summed E-state index contributed by atoms with van der Waals surface area (Å²) < 4.78 is 2.28. The first-order valence-electron chi connectivity index (χ1n) is 5.96. The quantitative estimate of drug-likeness (QED) is 0.853. The molecule has 1 atom stereocenters. The summed E-state index contributed by atoms with van der Waals surface area (Å²) in [6.07, 6.45) is 0. The van der Waals surface area contributed by atoms with Crippen molar-refractivity contribution in [2.24, 2.45) is 0 Å². The SMILES string of the molecule is CCNC(C)c1nc2ccccc2n1CC. The van der Waals surface area contributed by atoms with E-state index in [2.05, 4.69) is 48.9 Å². The Balaban J connectivity index is 2.51. The number of rotatable bonds is 4. The van der Waals surface area contributed by atoms with Crippen molar-refractivity contribution in [3.63, 3.8) is 0 Å². The molecule has 2 rings (SSSR count). The molecule has 0 fully saturated rings. The number of nitrogens with one attached hydrogen (secondary N) is 1. The van der Waals surface area contributed by atoms with Crippen molar-refractivity contribution in [1.82, 2.24) is 14.9 Å². The van der Waals surface area contributed by atoms with Crippen LogP contribution in [0.3, 0.4) is 0 Å². The third kappa shape index (κ3) is 1.83. The van der Waals surface area contributed by atoms with Gasteiger partial charge >= 0.3 is 0 Å². The summed E-state index contributed by atoms with van der Waals surface area (Å²) in [5, 5.41) is 3.41. The smallest absolute Gasteiger partial charge is 0.126 e. The zero-order valence-corrected chi connectivity index (χ0v) is 10.2. The molecule has 0 spiro atoms. The normalized spacial score (nSPS) is 13.2. The maximum absolute atomic E-state index is 4.70. The Bertz CT molecular complexity index is 473. The Kier molecular flexibility index (Phi) is 3.25. The summed E-state index contributed by atoms with van der Waals surface area (Å²) in [6, 6.07) is 8.62. The molecule has 3 nitrogen and oxygen atoms in total. The molecule has 1 N–H and O–H groups in total. The molecule has 2 aromatic rings. The molecule has 1 aromatic heterocycles. The van der Waals surface area contributed by atoms with Crippen LogP contribution in [0.1, 0.15) is 32.6 Å². The van der Waals surface area contributed by atoms with Crippen LogP contribution in [-0.4, -0.2) is 16.1 Å². The van der Waals surface area contributed by atoms with Crippen molar-refractivity contribution in [2.75, 3.05) is 6.54 Å². The maximum atomic E-state index is 4.70. The number of benzene rings is 1. The third-order valence-corrected chi connectivity index (χ3v) is 2.90. The Morgan fingerprint density at radius 2 is 2.06 bits per heavy atom. The zero-order chi connectivity index (χ0) is 11.5. The van der Waals surface area contributed by atoms with Gasteiger partial charge in [0.1, 0.15) is 5.82 Å². The summed E-state index contributed by atoms with van der Waals surface area (Å²) in [4.78, 5) is 4.70. The van der Waals surface area contributed by atoms with E-state index in [1.54, 1.807) is 0 Å². The average molecular weight is 217 g/mol. The highest BCUT2D eigenvalue weighted by Gasteiger charge is 2.13. The van der Waals surface area contributed by atoms with Gasteiger partial charge in [-0.05, 0) is 32.5 Å². The van der Waals surface area contributed by atoms with Gasteiger partial charge in [0, 0.05) is 6.54 Å². The van der Waals surface area contributed by atoms with Crippen LogP contribution < -0.4 is 5.32 Å². The zero-order valence-electron chi connectivity index (χ0n) is 10.2. The predicted molar refractivity (Wildman–Crippen MR) is 67.5 cm³/mol. The fourth-order valence-electron chi connectivity index (χ4n) is 2.15. The molecule has 0 aliphatic rings. The molecule has 16 heavy (non-hydrogen) atoms. The summed E-state index contributed by atoms with van der Waals surface area (Å²) in [7, 11) is 0. The Morgan fingerprint density at radius 3 is 2.75 bits per heavy atom. The first-order valence-corrected chi connectivity index (χ1v) is 5.96. The minimum absolute atomic E-state index is 0.303. The molecule has 1 heterocycles. The van der Waals surface area contributed by atoms with E-state index in [-0.39, 0.29) is 0 Å². The van der Waals surface area contributed by atoms with Crippen molar-refractivity contribution in [1.29, 1.82) is 0 Å². The van der Waals surface area contributed by atoms with Crippen LogP contribution in [0.2, 0.25) is 0 Å². The van der Waals surface area contributed by atoms with Gasteiger partial charge in [-0.3, -0.25) is 0 Å². The van der Waals surface area contributed by atoms with Gasteiger partial charge in [0.05, 0.1) is 17.1 Å². The molecule has 0 aliphatic carbocycles. The first kappa shape index (κ1) is 11.1. The second kappa shape index (κ2) is 4.66. The van der Waals surface area contributed by atoms with Gasteiger partial charge in [-0.2, -0.15) is 0 Å². The average Bonchev–Trinajstić information content (AvgIpc) is 2.67. The van der Waals surface area contributed by atoms with Crippen LogP contribution in [0, 0.1) is 0 Å². The molecular weight excluding hydrogens is 198 g/mol. The fraction of sp³-hybridized carbons (Fsp3) is 0.462. The van der Waals surface area contributed by atoms with Crippen molar-refractivity contribution < 1.29 is 0 Å². The van der Waals surface area contributed by atoms with E-state index >= 15 is 0 Å². The molecule has 0 aliphatic heterocycles. The highest BCUT2D eigenvalue weighted by atomic mass is 15.1. The number of aromatic nitrogens is 2. The molecule has 86 valence electrons. The van der Waals surface area contributed by atoms with Crippen LogP contribution in [0.5, 0.6) is 0 Å². The number of fused-ring (bicyclic) bond motifs is 1. The molecule has 0 saturated carbocycles. The van der Waals surface area contributed by atoms with Crippen LogP contribution in [0.4, 0.5) is 0 Å². The van der Waals surface area contributed by atoms with Crippen LogP contribution in [-0.2, 0) is 6.54 Å². The van der Waals surface area contributed by atoms with Crippen LogP contribution in [0.15, 0.2) is 24.3 Å². The number of hydrogen-bond acceptors (Lipinski definition) is 2. The summed E-state index contributed by atoms with van der Waals surface area (Å²) >= 11 is 0. The maximum Gasteiger partial charge on any atom is 0.126 e. The number of aryl methyl sites for hydroxylation is 1. The highest BCUT2D eigenvalue weighted by Crippen LogP contribution is 2.20. The van der Waals surface area contributed by atoms with E-state index in [1.807, 2.05) is 6.07 Å². The minimum Gasteiger partial charge on any atom is -0.327 e. The largest absolute Gasteiger partial charge is 0.327 e. The van der Waals surface area contributed by atoms with E-state index in [0.717, 1.165) is 24.4 Å². The molecule has 3 heteroatoms. The number of para-hydroxylation sites is 2. The molecule has 1 unspecified atom stereocenters. The van der Waals surface area contributed by atoms with E-state index in [1.165, 1.54) is 5.52 Å². The second-order valence-corrected chi connectivity index (χ2v) is 3.98. The minimum atomic E-state index is 0.303. The lowest BCUT2D eigenvalue weighted by Gasteiger charge is -2.13. The molecular formula is C13H19N3. The number of hydrogen-bond donors (Lipinski definition) is 1. The lowest BCUT2D eigenvalue weighted by molar-refractivity contribution is 0.538. The second-order valence-electron chi connectivity index (χ2n) is 3.98. The lowest BCUT2D eigenvalue weighted by atomic mass is 10.3. The van der Waals surface area contributed by atoms with Crippen molar-refractivity contribution >= 4 is 11.0 Å². The molecule has 0 saturated heterocycles. The predicted octanol–water partition coefficient (Wildman–Crippen LogP) is 2.73. The first-order chi connectivity index (χ1) is 7.77. The molecule has 0 amide bonds. The molecule has 0 bridgehead atoms. The Morgan fingerprint density at radius 1 is 1.31 bits per heavy atom. The Hall–Kier alpha value is -1.35. The monoisotopic (exact) mass is 217 g/mol. The fourth-order valence-corrected chi connectivity index (χ4v) is 2.15. The van der Waals surface area contributed by atoms with Crippen molar-refractivity contribution in [3.8, 4) is 0 Å². The summed E-state index contributed by atoms with van der Waals surface area (Å²) in [6.45, 7) is 8.38. The van der Waals surface area contributed by atoms with Gasteiger partial charge in [-0.1, -0.05) is 19.1 Å². The Labute approximate surface area is 96.5 Å². The lowest BCUT2D eigenvalue weighted by Crippen LogP contribution is -2.21. The van der Waals surface area contributed by atoms with Crippen LogP contribution in [0.25, 0.3) is 11.0 Å². The number of nitrogens with zero attached hydrogens (tertiary/aromatic N) is 2. The van der Waals surface area contributed by atoms with Gasteiger partial charge in [-0.25, -0.2) is 4.98 Å². The van der Waals surface area contributed by atoms with E-state index in [0.29, 0.717) is 6.04 Å². The number of imidazole rings is 1. The van der Waals surface area contributed by atoms with Gasteiger partial charge in [-0.15, -0.1) is 0 Å². The van der Waals surface area contributed by atoms with E-state index in [4.69, 9.17) is 4.98 Å². The van der Waals surface area contributed by atoms with Gasteiger partial charge < -0.3 is 9.88 Å². The van der Waals surface area contributed by atoms with E-state index < -0.39 is 0 Å². The van der Waals surface area contributed by atoms with Gasteiger partial charge in [0.2, 0.25) is 0 Å². The summed E-state index contributed by atoms with van der Waals surface area (Å²) in [5.74, 6) is 1.13. The third-order valence-electron chi connectivity index (χ3n) is 2.90. The standard InChI is InChI=1S/C13H19N3/c1-4-14-10(3)13-15-11-8-6-7-9-12(11)16(13)5-2/h6-10,14H,4-5H2,1-3H3. The van der Waals surface area contributed by atoms with Crippen LogP contribution >= 0.6 is 0 Å². The van der Waals surface area contributed by atoms with E-state index in [9.17, 15) is 0 Å². The van der Waals surface area contributed by atoms with Gasteiger partial charge in [0.25, 0.3) is 0 Å². The summed E-state index contributed by atoms with van der Waals surface area (Å²) in [5.41, 5.74) is 2.31.